The molecule has 28 heavy (non-hydrogen) atoms. The number of hydrogen-bond acceptors (Lipinski definition) is 4. The van der Waals surface area contributed by atoms with E-state index < -0.39 is 0 Å². The van der Waals surface area contributed by atoms with Crippen LogP contribution in [0.3, 0.4) is 0 Å². The van der Waals surface area contributed by atoms with Crippen LogP contribution in [0.25, 0.3) is 0 Å². The summed E-state index contributed by atoms with van der Waals surface area (Å²) in [4.78, 5) is 30.0. The van der Waals surface area contributed by atoms with Crippen molar-refractivity contribution in [3.05, 3.63) is 29.8 Å². The van der Waals surface area contributed by atoms with Gasteiger partial charge in [-0.2, -0.15) is 0 Å². The second-order valence-corrected chi connectivity index (χ2v) is 7.36. The van der Waals surface area contributed by atoms with Gasteiger partial charge in [0, 0.05) is 38.4 Å². The van der Waals surface area contributed by atoms with Gasteiger partial charge in [-0.1, -0.05) is 19.1 Å². The molecule has 1 saturated heterocycles. The van der Waals surface area contributed by atoms with E-state index >= 15 is 0 Å². The fourth-order valence-electron chi connectivity index (χ4n) is 3.25. The Hall–Kier alpha value is -2.77. The average molecular weight is 390 g/mol. The Morgan fingerprint density at radius 1 is 1.25 bits per heavy atom. The topological polar surface area (TPSA) is 95.1 Å². The third kappa shape index (κ3) is 5.87. The van der Waals surface area contributed by atoms with Crippen molar-refractivity contribution in [3.8, 4) is 0 Å². The lowest BCUT2D eigenvalue weighted by atomic mass is 9.99. The van der Waals surface area contributed by atoms with Gasteiger partial charge in [-0.05, 0) is 37.5 Å². The molecule has 0 saturated carbocycles. The first-order valence-electron chi connectivity index (χ1n) is 9.54. The number of ether oxygens (including phenoxy) is 1. The van der Waals surface area contributed by atoms with E-state index in [1.165, 1.54) is 7.11 Å². The van der Waals surface area contributed by atoms with Crippen LogP contribution in [0, 0.1) is 11.8 Å². The summed E-state index contributed by atoms with van der Waals surface area (Å²) in [6.07, 6.45) is 0. The van der Waals surface area contributed by atoms with Crippen LogP contribution in [0.5, 0.6) is 0 Å². The third-order valence-electron chi connectivity index (χ3n) is 4.71. The highest BCUT2D eigenvalue weighted by Crippen LogP contribution is 2.24. The molecule has 154 valence electrons. The minimum absolute atomic E-state index is 0.0855. The number of guanidine groups is 1. The van der Waals surface area contributed by atoms with Crippen LogP contribution < -0.4 is 16.0 Å². The Bertz CT molecular complexity index is 702. The van der Waals surface area contributed by atoms with Crippen molar-refractivity contribution in [1.29, 1.82) is 0 Å². The van der Waals surface area contributed by atoms with E-state index in [-0.39, 0.29) is 29.9 Å². The van der Waals surface area contributed by atoms with E-state index in [4.69, 9.17) is 4.74 Å². The monoisotopic (exact) mass is 389 g/mol. The SMILES string of the molecule is CN=C(NCc1ccc(NC(=O)NC(C)C)cc1)N1CC(C)C(C(=O)OC)C1. The van der Waals surface area contributed by atoms with Crippen molar-refractivity contribution in [1.82, 2.24) is 15.5 Å². The van der Waals surface area contributed by atoms with Gasteiger partial charge in [-0.25, -0.2) is 4.79 Å². The number of rotatable bonds is 5. The minimum atomic E-state index is -0.218. The van der Waals surface area contributed by atoms with Gasteiger partial charge in [-0.15, -0.1) is 0 Å². The molecule has 2 atom stereocenters. The normalized spacial score (nSPS) is 19.5. The number of aliphatic imine (C=N–C) groups is 1. The number of urea groups is 1. The van der Waals surface area contributed by atoms with Crippen LogP contribution >= 0.6 is 0 Å². The first kappa shape index (κ1) is 21.5. The number of carbonyl (C=O) groups excluding carboxylic acids is 2. The van der Waals surface area contributed by atoms with Crippen molar-refractivity contribution in [2.45, 2.75) is 33.4 Å². The fraction of sp³-hybridized carbons (Fsp3) is 0.550. The number of anilines is 1. The zero-order chi connectivity index (χ0) is 20.7. The van der Waals surface area contributed by atoms with Crippen LogP contribution in [0.1, 0.15) is 26.3 Å². The molecule has 2 amide bonds. The zero-order valence-electron chi connectivity index (χ0n) is 17.3. The van der Waals surface area contributed by atoms with Crippen molar-refractivity contribution >= 4 is 23.6 Å². The molecule has 1 aromatic carbocycles. The van der Waals surface area contributed by atoms with Gasteiger partial charge >= 0.3 is 12.0 Å². The molecule has 1 aromatic rings. The highest BCUT2D eigenvalue weighted by Gasteiger charge is 2.36. The van der Waals surface area contributed by atoms with E-state index in [1.807, 2.05) is 38.1 Å². The number of amides is 2. The number of nitrogens with zero attached hydrogens (tertiary/aromatic N) is 2. The molecule has 1 aliphatic heterocycles. The van der Waals surface area contributed by atoms with Crippen molar-refractivity contribution in [2.24, 2.45) is 16.8 Å². The Labute approximate surface area is 166 Å². The maximum Gasteiger partial charge on any atom is 0.319 e. The van der Waals surface area contributed by atoms with E-state index in [2.05, 4.69) is 32.8 Å². The Morgan fingerprint density at radius 3 is 2.50 bits per heavy atom. The summed E-state index contributed by atoms with van der Waals surface area (Å²) < 4.78 is 4.89. The van der Waals surface area contributed by atoms with E-state index in [0.29, 0.717) is 13.1 Å². The summed E-state index contributed by atoms with van der Waals surface area (Å²) in [5.41, 5.74) is 1.80. The Kier molecular flexibility index (Phi) is 7.66. The summed E-state index contributed by atoms with van der Waals surface area (Å²) in [7, 11) is 3.16. The van der Waals surface area contributed by atoms with Gasteiger partial charge in [-0.3, -0.25) is 9.79 Å². The summed E-state index contributed by atoms with van der Waals surface area (Å²) in [5, 5.41) is 8.92. The maximum absolute atomic E-state index is 11.9. The Morgan fingerprint density at radius 2 is 1.93 bits per heavy atom. The zero-order valence-corrected chi connectivity index (χ0v) is 17.3. The Balaban J connectivity index is 1.88. The molecule has 1 fully saturated rings. The number of likely N-dealkylation sites (tertiary alicyclic amines) is 1. The van der Waals surface area contributed by atoms with Crippen LogP contribution in [0.15, 0.2) is 29.3 Å². The van der Waals surface area contributed by atoms with Crippen LogP contribution in [-0.2, 0) is 16.1 Å². The summed E-state index contributed by atoms with van der Waals surface area (Å²) in [6, 6.07) is 7.51. The number of esters is 1. The number of carbonyl (C=O) groups is 2. The quantitative estimate of drug-likeness (QED) is 0.407. The van der Waals surface area contributed by atoms with Crippen LogP contribution in [0.2, 0.25) is 0 Å². The molecule has 2 rings (SSSR count). The molecule has 0 bridgehead atoms. The highest BCUT2D eigenvalue weighted by molar-refractivity contribution is 5.89. The van der Waals surface area contributed by atoms with Gasteiger partial charge < -0.3 is 25.6 Å². The standard InChI is InChI=1S/C20H31N5O3/c1-13(2)23-20(27)24-16-8-6-15(7-9-16)10-22-19(21-4)25-11-14(3)17(12-25)18(26)28-5/h6-9,13-14,17H,10-12H2,1-5H3,(H,21,22)(H2,23,24,27). The third-order valence-corrected chi connectivity index (χ3v) is 4.71. The highest BCUT2D eigenvalue weighted by atomic mass is 16.5. The van der Waals surface area contributed by atoms with Crippen LogP contribution in [0.4, 0.5) is 10.5 Å². The van der Waals surface area contributed by atoms with Gasteiger partial charge in [0.05, 0.1) is 13.0 Å². The molecular weight excluding hydrogens is 358 g/mol. The van der Waals surface area contributed by atoms with Gasteiger partial charge in [0.25, 0.3) is 0 Å². The van der Waals surface area contributed by atoms with Gasteiger partial charge in [0.1, 0.15) is 0 Å². The molecule has 2 unspecified atom stereocenters. The molecular formula is C20H31N5O3. The molecule has 1 heterocycles. The first-order chi connectivity index (χ1) is 13.3. The van der Waals surface area contributed by atoms with E-state index in [9.17, 15) is 9.59 Å². The average Bonchev–Trinajstić information content (AvgIpc) is 3.03. The van der Waals surface area contributed by atoms with Crippen molar-refractivity contribution < 1.29 is 14.3 Å². The predicted molar refractivity (Wildman–Crippen MR) is 110 cm³/mol. The lowest BCUT2D eigenvalue weighted by Crippen LogP contribution is -2.40. The molecule has 1 aliphatic rings. The first-order valence-corrected chi connectivity index (χ1v) is 9.54. The number of nitrogens with one attached hydrogen (secondary N) is 3. The lowest BCUT2D eigenvalue weighted by Gasteiger charge is -2.21. The molecule has 0 spiro atoms. The number of methoxy groups -OCH3 is 1. The maximum atomic E-state index is 11.9. The van der Waals surface area contributed by atoms with E-state index in [0.717, 1.165) is 23.8 Å². The summed E-state index contributed by atoms with van der Waals surface area (Å²) in [5.74, 6) is 0.672. The lowest BCUT2D eigenvalue weighted by molar-refractivity contribution is -0.145. The van der Waals surface area contributed by atoms with Crippen LogP contribution in [-0.4, -0.2) is 56.1 Å². The van der Waals surface area contributed by atoms with Crippen molar-refractivity contribution in [2.75, 3.05) is 32.6 Å². The summed E-state index contributed by atoms with van der Waals surface area (Å²) in [6.45, 7) is 7.83. The number of hydrogen-bond donors (Lipinski definition) is 3. The molecule has 8 nitrogen and oxygen atoms in total. The molecule has 3 N–H and O–H groups in total. The molecule has 0 radical (unpaired) electrons. The van der Waals surface area contributed by atoms with Crippen molar-refractivity contribution in [3.63, 3.8) is 0 Å². The van der Waals surface area contributed by atoms with E-state index in [1.54, 1.807) is 7.05 Å². The summed E-state index contributed by atoms with van der Waals surface area (Å²) >= 11 is 0. The second-order valence-electron chi connectivity index (χ2n) is 7.36. The minimum Gasteiger partial charge on any atom is -0.469 e. The number of benzene rings is 1. The smallest absolute Gasteiger partial charge is 0.319 e. The molecule has 0 aliphatic carbocycles. The largest absolute Gasteiger partial charge is 0.469 e. The molecule has 0 aromatic heterocycles. The fourth-order valence-corrected chi connectivity index (χ4v) is 3.25. The predicted octanol–water partition coefficient (Wildman–Crippen LogP) is 2.03. The second kappa shape index (κ2) is 9.96. The van der Waals surface area contributed by atoms with Gasteiger partial charge in [0.15, 0.2) is 5.96 Å². The molecule has 8 heteroatoms. The van der Waals surface area contributed by atoms with Gasteiger partial charge in [0.2, 0.25) is 0 Å².